The van der Waals surface area contributed by atoms with Crippen molar-refractivity contribution in [1.29, 1.82) is 0 Å². The van der Waals surface area contributed by atoms with Crippen LogP contribution >= 0.6 is 11.6 Å². The molecule has 1 heterocycles. The lowest BCUT2D eigenvalue weighted by atomic mass is 10.2. The zero-order chi connectivity index (χ0) is 14.5. The molecule has 1 aromatic carbocycles. The number of imidazole rings is 1. The molecule has 0 bridgehead atoms. The molecular weight excluding hydrogens is 272 g/mol. The topological polar surface area (TPSA) is 27.1 Å². The number of aromatic nitrogens is 2. The summed E-state index contributed by atoms with van der Waals surface area (Å²) in [6, 6.07) is 6.22. The third-order valence-electron chi connectivity index (χ3n) is 3.39. The lowest BCUT2D eigenvalue weighted by Gasteiger charge is -2.10. The number of para-hydroxylation sites is 1. The Kier molecular flexibility index (Phi) is 5.44. The van der Waals surface area contributed by atoms with E-state index in [1.807, 2.05) is 6.07 Å². The van der Waals surface area contributed by atoms with Crippen LogP contribution in [0.5, 0.6) is 0 Å². The Hall–Kier alpha value is -1.06. The second kappa shape index (κ2) is 7.09. The van der Waals surface area contributed by atoms with E-state index in [-0.39, 0.29) is 0 Å². The van der Waals surface area contributed by atoms with Crippen molar-refractivity contribution in [3.8, 4) is 0 Å². The Balaban J connectivity index is 2.08. The van der Waals surface area contributed by atoms with Gasteiger partial charge in [-0.3, -0.25) is 0 Å². The fourth-order valence-corrected chi connectivity index (χ4v) is 2.65. The van der Waals surface area contributed by atoms with Crippen molar-refractivity contribution in [3.05, 3.63) is 29.6 Å². The number of benzene rings is 1. The van der Waals surface area contributed by atoms with Gasteiger partial charge in [0.2, 0.25) is 0 Å². The van der Waals surface area contributed by atoms with Crippen molar-refractivity contribution in [2.45, 2.75) is 52.1 Å². The summed E-state index contributed by atoms with van der Waals surface area (Å²) in [5, 5.41) is 0. The quantitative estimate of drug-likeness (QED) is 0.563. The monoisotopic (exact) mass is 294 g/mol. The molecule has 0 amide bonds. The predicted molar refractivity (Wildman–Crippen MR) is 84.3 cm³/mol. The molecular formula is C16H23ClN2O. The van der Waals surface area contributed by atoms with Crippen molar-refractivity contribution >= 4 is 22.6 Å². The van der Waals surface area contributed by atoms with Crippen molar-refractivity contribution < 1.29 is 4.74 Å². The van der Waals surface area contributed by atoms with Gasteiger partial charge >= 0.3 is 0 Å². The number of unbranched alkanes of at least 4 members (excludes halogenated alkanes) is 1. The minimum absolute atomic E-state index is 0.310. The molecule has 0 saturated heterocycles. The molecule has 0 aliphatic rings. The third kappa shape index (κ3) is 3.53. The van der Waals surface area contributed by atoms with Crippen LogP contribution in [0.2, 0.25) is 0 Å². The average Bonchev–Trinajstić information content (AvgIpc) is 2.77. The van der Waals surface area contributed by atoms with E-state index in [0.717, 1.165) is 37.3 Å². The molecule has 0 aliphatic heterocycles. The molecule has 0 atom stereocenters. The number of hydrogen-bond acceptors (Lipinski definition) is 2. The molecule has 2 aromatic rings. The second-order valence-corrected chi connectivity index (χ2v) is 5.65. The minimum atomic E-state index is 0.310. The molecule has 0 fully saturated rings. The third-order valence-corrected chi connectivity index (χ3v) is 3.63. The maximum atomic E-state index is 6.03. The van der Waals surface area contributed by atoms with Crippen LogP contribution in [0.4, 0.5) is 0 Å². The van der Waals surface area contributed by atoms with E-state index in [1.165, 1.54) is 11.1 Å². The van der Waals surface area contributed by atoms with Crippen LogP contribution < -0.4 is 0 Å². The van der Waals surface area contributed by atoms with Crippen LogP contribution in [0, 0.1) is 6.92 Å². The number of alkyl halides is 1. The molecule has 0 aliphatic carbocycles. The van der Waals surface area contributed by atoms with E-state index in [9.17, 15) is 0 Å². The number of rotatable bonds is 7. The van der Waals surface area contributed by atoms with Gasteiger partial charge in [0.05, 0.1) is 23.0 Å². The molecule has 3 nitrogen and oxygen atoms in total. The Morgan fingerprint density at radius 1 is 1.30 bits per heavy atom. The molecule has 20 heavy (non-hydrogen) atoms. The molecule has 4 heteroatoms. The van der Waals surface area contributed by atoms with Crippen LogP contribution in [-0.2, 0) is 17.2 Å². The van der Waals surface area contributed by atoms with Crippen LogP contribution in [0.15, 0.2) is 18.2 Å². The SMILES string of the molecule is Cc1cccc2nc(CCl)n(CCCCOC(C)C)c12. The fraction of sp³-hybridized carbons (Fsp3) is 0.562. The van der Waals surface area contributed by atoms with E-state index >= 15 is 0 Å². The van der Waals surface area contributed by atoms with Gasteiger partial charge in [-0.1, -0.05) is 12.1 Å². The summed E-state index contributed by atoms with van der Waals surface area (Å²) in [6.45, 7) is 8.03. The predicted octanol–water partition coefficient (Wildman–Crippen LogP) is 4.29. The summed E-state index contributed by atoms with van der Waals surface area (Å²) in [7, 11) is 0. The van der Waals surface area contributed by atoms with Crippen LogP contribution in [0.1, 0.15) is 38.1 Å². The van der Waals surface area contributed by atoms with Gasteiger partial charge in [-0.25, -0.2) is 4.98 Å². The van der Waals surface area contributed by atoms with Gasteiger partial charge in [0, 0.05) is 13.2 Å². The summed E-state index contributed by atoms with van der Waals surface area (Å²) >= 11 is 6.03. The Morgan fingerprint density at radius 2 is 2.10 bits per heavy atom. The summed E-state index contributed by atoms with van der Waals surface area (Å²) in [5.74, 6) is 1.41. The number of nitrogens with zero attached hydrogens (tertiary/aromatic N) is 2. The first-order chi connectivity index (χ1) is 9.63. The van der Waals surface area contributed by atoms with Gasteiger partial charge in [-0.15, -0.1) is 11.6 Å². The number of ether oxygens (including phenoxy) is 1. The first-order valence-electron chi connectivity index (χ1n) is 7.25. The maximum absolute atomic E-state index is 6.03. The minimum Gasteiger partial charge on any atom is -0.379 e. The Bertz CT molecular complexity index is 563. The van der Waals surface area contributed by atoms with E-state index in [4.69, 9.17) is 16.3 Å². The molecule has 0 spiro atoms. The van der Waals surface area contributed by atoms with Gasteiger partial charge < -0.3 is 9.30 Å². The van der Waals surface area contributed by atoms with Gasteiger partial charge in [0.25, 0.3) is 0 Å². The fourth-order valence-electron chi connectivity index (χ4n) is 2.45. The average molecular weight is 295 g/mol. The van der Waals surface area contributed by atoms with Crippen molar-refractivity contribution in [1.82, 2.24) is 9.55 Å². The van der Waals surface area contributed by atoms with Gasteiger partial charge in [0.15, 0.2) is 0 Å². The smallest absolute Gasteiger partial charge is 0.124 e. The highest BCUT2D eigenvalue weighted by molar-refractivity contribution is 6.16. The molecule has 0 saturated carbocycles. The first-order valence-corrected chi connectivity index (χ1v) is 7.79. The molecule has 2 rings (SSSR count). The first kappa shape index (κ1) is 15.3. The lowest BCUT2D eigenvalue weighted by molar-refractivity contribution is 0.0754. The van der Waals surface area contributed by atoms with E-state index in [1.54, 1.807) is 0 Å². The second-order valence-electron chi connectivity index (χ2n) is 5.38. The highest BCUT2D eigenvalue weighted by Gasteiger charge is 2.11. The summed E-state index contributed by atoms with van der Waals surface area (Å²) in [6.07, 6.45) is 2.45. The van der Waals surface area contributed by atoms with Gasteiger partial charge in [-0.05, 0) is 45.2 Å². The lowest BCUT2D eigenvalue weighted by Crippen LogP contribution is -2.07. The number of fused-ring (bicyclic) bond motifs is 1. The normalized spacial score (nSPS) is 11.7. The van der Waals surface area contributed by atoms with Crippen molar-refractivity contribution in [3.63, 3.8) is 0 Å². The van der Waals surface area contributed by atoms with Crippen molar-refractivity contribution in [2.24, 2.45) is 0 Å². The number of aryl methyl sites for hydroxylation is 2. The van der Waals surface area contributed by atoms with E-state index < -0.39 is 0 Å². The number of halogens is 1. The van der Waals surface area contributed by atoms with Gasteiger partial charge in [-0.2, -0.15) is 0 Å². The van der Waals surface area contributed by atoms with Crippen molar-refractivity contribution in [2.75, 3.05) is 6.61 Å². The summed E-state index contributed by atoms with van der Waals surface area (Å²) in [4.78, 5) is 4.62. The van der Waals surface area contributed by atoms with Gasteiger partial charge in [0.1, 0.15) is 5.82 Å². The molecule has 0 unspecified atom stereocenters. The Labute approximate surface area is 125 Å². The largest absolute Gasteiger partial charge is 0.379 e. The van der Waals surface area contributed by atoms with Crippen LogP contribution in [0.25, 0.3) is 11.0 Å². The van der Waals surface area contributed by atoms with E-state index in [2.05, 4.69) is 42.5 Å². The highest BCUT2D eigenvalue weighted by atomic mass is 35.5. The highest BCUT2D eigenvalue weighted by Crippen LogP contribution is 2.21. The summed E-state index contributed by atoms with van der Waals surface area (Å²) < 4.78 is 7.84. The maximum Gasteiger partial charge on any atom is 0.124 e. The molecule has 110 valence electrons. The summed E-state index contributed by atoms with van der Waals surface area (Å²) in [5.41, 5.74) is 3.51. The van der Waals surface area contributed by atoms with E-state index in [0.29, 0.717) is 12.0 Å². The number of hydrogen-bond donors (Lipinski definition) is 0. The molecule has 0 radical (unpaired) electrons. The standard InChI is InChI=1S/C16H23ClN2O/c1-12(2)20-10-5-4-9-19-15(11-17)18-14-8-6-7-13(3)16(14)19/h6-8,12H,4-5,9-11H2,1-3H3. The zero-order valence-electron chi connectivity index (χ0n) is 12.5. The van der Waals surface area contributed by atoms with Crippen LogP contribution in [0.3, 0.4) is 0 Å². The van der Waals surface area contributed by atoms with Crippen LogP contribution in [-0.4, -0.2) is 22.3 Å². The Morgan fingerprint density at radius 3 is 2.80 bits per heavy atom. The molecule has 0 N–H and O–H groups in total. The zero-order valence-corrected chi connectivity index (χ0v) is 13.3. The molecule has 1 aromatic heterocycles.